The molecule has 4 nitrogen and oxygen atoms in total. The minimum atomic E-state index is 0.0398. The van der Waals surface area contributed by atoms with E-state index in [2.05, 4.69) is 12.2 Å². The summed E-state index contributed by atoms with van der Waals surface area (Å²) in [6.07, 6.45) is 1.85. The van der Waals surface area contributed by atoms with Gasteiger partial charge < -0.3 is 14.6 Å². The molecule has 0 aliphatic carbocycles. The lowest BCUT2D eigenvalue weighted by Gasteiger charge is -2.13. The first kappa shape index (κ1) is 12.8. The minimum absolute atomic E-state index is 0.0398. The molecule has 1 rings (SSSR count). The lowest BCUT2D eigenvalue weighted by Crippen LogP contribution is -2.20. The van der Waals surface area contributed by atoms with E-state index in [-0.39, 0.29) is 5.56 Å². The molecule has 1 heterocycles. The number of nitrogens with zero attached hydrogens (tertiary/aromatic N) is 1. The normalized spacial score (nSPS) is 12.4. The molecule has 0 radical (unpaired) electrons. The lowest BCUT2D eigenvalue weighted by atomic mass is 10.2. The van der Waals surface area contributed by atoms with Gasteiger partial charge in [0.25, 0.3) is 5.56 Å². The summed E-state index contributed by atoms with van der Waals surface area (Å²) >= 11 is 0. The Labute approximate surface area is 96.2 Å². The van der Waals surface area contributed by atoms with Gasteiger partial charge in [-0.1, -0.05) is 6.92 Å². The van der Waals surface area contributed by atoms with E-state index < -0.39 is 0 Å². The molecule has 0 saturated carbocycles. The monoisotopic (exact) mass is 224 g/mol. The maximum Gasteiger partial charge on any atom is 0.250 e. The van der Waals surface area contributed by atoms with Gasteiger partial charge >= 0.3 is 0 Å². The van der Waals surface area contributed by atoms with Crippen LogP contribution in [-0.4, -0.2) is 24.8 Å². The average molecular weight is 224 g/mol. The summed E-state index contributed by atoms with van der Waals surface area (Å²) in [5.74, 6) is 0.451. The molecule has 0 aliphatic heterocycles. The first-order chi connectivity index (χ1) is 7.67. The van der Waals surface area contributed by atoms with Crippen molar-refractivity contribution in [3.8, 4) is 0 Å². The van der Waals surface area contributed by atoms with E-state index in [1.165, 1.54) is 0 Å². The van der Waals surface area contributed by atoms with Crippen LogP contribution in [0.4, 0.5) is 5.69 Å². The molecule has 1 unspecified atom stereocenters. The quantitative estimate of drug-likeness (QED) is 0.797. The molecular weight excluding hydrogens is 204 g/mol. The number of anilines is 1. The second kappa shape index (κ2) is 6.33. The molecule has 1 aromatic rings. The lowest BCUT2D eigenvalue weighted by molar-refractivity contribution is 0.164. The maximum atomic E-state index is 11.4. The molecule has 4 heteroatoms. The topological polar surface area (TPSA) is 43.3 Å². The van der Waals surface area contributed by atoms with E-state index in [0.717, 1.165) is 18.8 Å². The third-order valence-electron chi connectivity index (χ3n) is 2.43. The molecule has 0 fully saturated rings. The fourth-order valence-electron chi connectivity index (χ4n) is 1.52. The van der Waals surface area contributed by atoms with Crippen LogP contribution >= 0.6 is 0 Å². The summed E-state index contributed by atoms with van der Waals surface area (Å²) in [7, 11) is 1.70. The number of aromatic nitrogens is 1. The highest BCUT2D eigenvalue weighted by Gasteiger charge is 2.01. The Hall–Kier alpha value is -1.29. The molecule has 1 aromatic heterocycles. The number of nitrogens with one attached hydrogen (secondary N) is 1. The Morgan fingerprint density at radius 2 is 2.25 bits per heavy atom. The van der Waals surface area contributed by atoms with Crippen molar-refractivity contribution in [3.05, 3.63) is 28.7 Å². The largest absolute Gasteiger partial charge is 0.384 e. The summed E-state index contributed by atoms with van der Waals surface area (Å²) in [5.41, 5.74) is 1.02. The molecule has 16 heavy (non-hydrogen) atoms. The van der Waals surface area contributed by atoms with Crippen molar-refractivity contribution in [2.45, 2.75) is 20.4 Å². The van der Waals surface area contributed by atoms with Crippen molar-refractivity contribution in [2.75, 3.05) is 25.6 Å². The van der Waals surface area contributed by atoms with Crippen LogP contribution in [-0.2, 0) is 11.3 Å². The van der Waals surface area contributed by atoms with Crippen molar-refractivity contribution in [2.24, 2.45) is 5.92 Å². The molecule has 0 aromatic carbocycles. The summed E-state index contributed by atoms with van der Waals surface area (Å²) in [6, 6.07) is 3.40. The van der Waals surface area contributed by atoms with Gasteiger partial charge in [0.15, 0.2) is 0 Å². The molecule has 0 bridgehead atoms. The summed E-state index contributed by atoms with van der Waals surface area (Å²) < 4.78 is 6.74. The zero-order chi connectivity index (χ0) is 12.0. The number of hydrogen-bond acceptors (Lipinski definition) is 3. The Balaban J connectivity index is 2.57. The summed E-state index contributed by atoms with van der Waals surface area (Å²) in [5, 5.41) is 3.29. The summed E-state index contributed by atoms with van der Waals surface area (Å²) in [6.45, 7) is 6.35. The van der Waals surface area contributed by atoms with Gasteiger partial charge in [0.1, 0.15) is 0 Å². The zero-order valence-corrected chi connectivity index (χ0v) is 10.2. The van der Waals surface area contributed by atoms with Gasteiger partial charge in [0, 0.05) is 32.5 Å². The van der Waals surface area contributed by atoms with Crippen LogP contribution in [0.1, 0.15) is 13.8 Å². The highest BCUT2D eigenvalue weighted by atomic mass is 16.5. The molecular formula is C12H20N2O2. The van der Waals surface area contributed by atoms with E-state index in [9.17, 15) is 4.79 Å². The second-order valence-electron chi connectivity index (χ2n) is 3.98. The minimum Gasteiger partial charge on any atom is -0.384 e. The first-order valence-electron chi connectivity index (χ1n) is 5.60. The van der Waals surface area contributed by atoms with Crippen molar-refractivity contribution >= 4 is 5.69 Å². The van der Waals surface area contributed by atoms with Gasteiger partial charge in [0.2, 0.25) is 0 Å². The fraction of sp³-hybridized carbons (Fsp3) is 0.583. The SMILES string of the molecule is CCn1cc(NCC(C)COC)ccc1=O. The number of hydrogen-bond donors (Lipinski definition) is 1. The number of pyridine rings is 1. The molecule has 0 saturated heterocycles. The standard InChI is InChI=1S/C12H20N2O2/c1-4-14-8-11(5-6-12(14)15)13-7-10(2)9-16-3/h5-6,8,10,13H,4,7,9H2,1-3H3. The van der Waals surface area contributed by atoms with E-state index in [0.29, 0.717) is 12.5 Å². The highest BCUT2D eigenvalue weighted by molar-refractivity contribution is 5.40. The molecule has 1 N–H and O–H groups in total. The number of methoxy groups -OCH3 is 1. The maximum absolute atomic E-state index is 11.4. The number of rotatable bonds is 6. The van der Waals surface area contributed by atoms with E-state index >= 15 is 0 Å². The number of aryl methyl sites for hydroxylation is 1. The van der Waals surface area contributed by atoms with Gasteiger partial charge in [-0.2, -0.15) is 0 Å². The second-order valence-corrected chi connectivity index (χ2v) is 3.98. The van der Waals surface area contributed by atoms with Gasteiger partial charge in [-0.25, -0.2) is 0 Å². The van der Waals surface area contributed by atoms with Gasteiger partial charge in [-0.15, -0.1) is 0 Å². The highest BCUT2D eigenvalue weighted by Crippen LogP contribution is 2.05. The van der Waals surface area contributed by atoms with Crippen LogP contribution in [0, 0.1) is 5.92 Å². The Kier molecular flexibility index (Phi) is 5.05. The van der Waals surface area contributed by atoms with Crippen LogP contribution in [0.15, 0.2) is 23.1 Å². The third-order valence-corrected chi connectivity index (χ3v) is 2.43. The smallest absolute Gasteiger partial charge is 0.250 e. The van der Waals surface area contributed by atoms with Crippen molar-refractivity contribution in [1.29, 1.82) is 0 Å². The van der Waals surface area contributed by atoms with Crippen LogP contribution < -0.4 is 10.9 Å². The van der Waals surface area contributed by atoms with E-state index in [1.807, 2.05) is 19.2 Å². The molecule has 0 spiro atoms. The predicted octanol–water partition coefficient (Wildman–Crippen LogP) is 1.56. The predicted molar refractivity (Wildman–Crippen MR) is 65.9 cm³/mol. The third kappa shape index (κ3) is 3.70. The average Bonchev–Trinajstić information content (AvgIpc) is 2.28. The van der Waals surface area contributed by atoms with E-state index in [1.54, 1.807) is 17.7 Å². The molecule has 1 atom stereocenters. The van der Waals surface area contributed by atoms with Gasteiger partial charge in [-0.3, -0.25) is 4.79 Å². The Morgan fingerprint density at radius 1 is 1.50 bits per heavy atom. The van der Waals surface area contributed by atoms with E-state index in [4.69, 9.17) is 4.74 Å². The van der Waals surface area contributed by atoms with Crippen LogP contribution in [0.2, 0.25) is 0 Å². The fourth-order valence-corrected chi connectivity index (χ4v) is 1.52. The first-order valence-corrected chi connectivity index (χ1v) is 5.60. The summed E-state index contributed by atoms with van der Waals surface area (Å²) in [4.78, 5) is 11.4. The molecule has 0 amide bonds. The molecule has 90 valence electrons. The van der Waals surface area contributed by atoms with Crippen molar-refractivity contribution < 1.29 is 4.74 Å². The van der Waals surface area contributed by atoms with Crippen LogP contribution in [0.5, 0.6) is 0 Å². The van der Waals surface area contributed by atoms with Crippen molar-refractivity contribution in [1.82, 2.24) is 4.57 Å². The van der Waals surface area contributed by atoms with Crippen LogP contribution in [0.3, 0.4) is 0 Å². The Morgan fingerprint density at radius 3 is 2.88 bits per heavy atom. The van der Waals surface area contributed by atoms with Gasteiger partial charge in [-0.05, 0) is 18.9 Å². The zero-order valence-electron chi connectivity index (χ0n) is 10.2. The number of ether oxygens (including phenoxy) is 1. The molecule has 0 aliphatic rings. The van der Waals surface area contributed by atoms with Gasteiger partial charge in [0.05, 0.1) is 12.3 Å². The van der Waals surface area contributed by atoms with Crippen molar-refractivity contribution in [3.63, 3.8) is 0 Å². The Bertz CT molecular complexity index is 374. The van der Waals surface area contributed by atoms with Crippen LogP contribution in [0.25, 0.3) is 0 Å².